The number of anilines is 1. The fourth-order valence-corrected chi connectivity index (χ4v) is 2.06. The molecule has 1 aromatic heterocycles. The highest BCUT2D eigenvalue weighted by Gasteiger charge is 2.22. The zero-order valence-corrected chi connectivity index (χ0v) is 11.7. The number of nitrogens with one attached hydrogen (secondary N) is 1. The second kappa shape index (κ2) is 5.48. The van der Waals surface area contributed by atoms with Gasteiger partial charge < -0.3 is 10.2 Å². The predicted octanol–water partition coefficient (Wildman–Crippen LogP) is 1.71. The second-order valence-electron chi connectivity index (χ2n) is 4.23. The Bertz CT molecular complexity index is 490. The summed E-state index contributed by atoms with van der Waals surface area (Å²) in [5.41, 5.74) is 0.810. The monoisotopic (exact) mass is 311 g/mol. The van der Waals surface area contributed by atoms with Crippen LogP contribution in [0.4, 0.5) is 5.82 Å². The molecule has 0 aliphatic carbocycles. The number of nitrogens with zero attached hydrogens (tertiary/aromatic N) is 2. The molecule has 1 fully saturated rings. The summed E-state index contributed by atoms with van der Waals surface area (Å²) in [4.78, 5) is 28.9. The van der Waals surface area contributed by atoms with Crippen molar-refractivity contribution in [3.8, 4) is 0 Å². The Morgan fingerprint density at radius 2 is 2.33 bits per heavy atom. The van der Waals surface area contributed by atoms with Crippen molar-refractivity contribution in [2.24, 2.45) is 0 Å². The third-order valence-electron chi connectivity index (χ3n) is 2.79. The topological polar surface area (TPSA) is 62.3 Å². The highest BCUT2D eigenvalue weighted by molar-refractivity contribution is 9.10. The van der Waals surface area contributed by atoms with E-state index in [1.165, 1.54) is 0 Å². The van der Waals surface area contributed by atoms with E-state index < -0.39 is 0 Å². The molecule has 0 atom stereocenters. The van der Waals surface area contributed by atoms with E-state index in [0.29, 0.717) is 18.8 Å². The molecule has 0 bridgehead atoms. The number of aromatic nitrogens is 1. The highest BCUT2D eigenvalue weighted by Crippen LogP contribution is 2.16. The fourth-order valence-electron chi connectivity index (χ4n) is 1.84. The number of aryl methyl sites for hydroxylation is 1. The summed E-state index contributed by atoms with van der Waals surface area (Å²) in [6, 6.07) is 3.56. The Balaban J connectivity index is 1.94. The first kappa shape index (κ1) is 13.0. The number of hydrogen-bond acceptors (Lipinski definition) is 3. The maximum absolute atomic E-state index is 11.8. The molecule has 0 spiro atoms. The van der Waals surface area contributed by atoms with Gasteiger partial charge in [0.1, 0.15) is 5.82 Å². The zero-order valence-electron chi connectivity index (χ0n) is 10.1. The number of likely N-dealkylation sites (tertiary alicyclic amines) is 1. The van der Waals surface area contributed by atoms with Crippen LogP contribution in [0, 0.1) is 6.92 Å². The SMILES string of the molecule is Cc1nc(NC(=O)CN2CCCC2=O)ccc1Br. The number of amides is 2. The summed E-state index contributed by atoms with van der Waals surface area (Å²) < 4.78 is 0.898. The molecular formula is C12H14BrN3O2. The number of hydrogen-bond donors (Lipinski definition) is 1. The van der Waals surface area contributed by atoms with Gasteiger partial charge in [-0.05, 0) is 41.4 Å². The maximum Gasteiger partial charge on any atom is 0.245 e. The predicted molar refractivity (Wildman–Crippen MR) is 71.1 cm³/mol. The van der Waals surface area contributed by atoms with Crippen molar-refractivity contribution in [3.05, 3.63) is 22.3 Å². The maximum atomic E-state index is 11.8. The van der Waals surface area contributed by atoms with E-state index in [2.05, 4.69) is 26.2 Å². The van der Waals surface area contributed by atoms with Crippen LogP contribution in [0.3, 0.4) is 0 Å². The average Bonchev–Trinajstić information content (AvgIpc) is 2.70. The van der Waals surface area contributed by atoms with Gasteiger partial charge in [0.2, 0.25) is 11.8 Å². The van der Waals surface area contributed by atoms with Crippen molar-refractivity contribution in [1.29, 1.82) is 0 Å². The van der Waals surface area contributed by atoms with Crippen LogP contribution >= 0.6 is 15.9 Å². The van der Waals surface area contributed by atoms with Gasteiger partial charge in [-0.2, -0.15) is 0 Å². The standard InChI is InChI=1S/C12H14BrN3O2/c1-8-9(13)4-5-10(14-8)15-11(17)7-16-6-2-3-12(16)18/h4-5H,2-3,6-7H2,1H3,(H,14,15,17). The lowest BCUT2D eigenvalue weighted by Crippen LogP contribution is -2.34. The summed E-state index contributed by atoms with van der Waals surface area (Å²) in [6.07, 6.45) is 1.38. The number of halogens is 1. The van der Waals surface area contributed by atoms with E-state index in [1.807, 2.05) is 13.0 Å². The molecule has 1 aromatic rings. The van der Waals surface area contributed by atoms with Crippen molar-refractivity contribution in [3.63, 3.8) is 0 Å². The molecule has 0 aromatic carbocycles. The Morgan fingerprint density at radius 1 is 1.56 bits per heavy atom. The fraction of sp³-hybridized carbons (Fsp3) is 0.417. The van der Waals surface area contributed by atoms with Gasteiger partial charge in [0.05, 0.1) is 12.2 Å². The van der Waals surface area contributed by atoms with E-state index in [0.717, 1.165) is 16.6 Å². The van der Waals surface area contributed by atoms with Gasteiger partial charge in [-0.1, -0.05) is 0 Å². The number of rotatable bonds is 3. The first-order valence-corrected chi connectivity index (χ1v) is 6.56. The third kappa shape index (κ3) is 3.07. The van der Waals surface area contributed by atoms with E-state index in [1.54, 1.807) is 11.0 Å². The van der Waals surface area contributed by atoms with Crippen LogP contribution < -0.4 is 5.32 Å². The third-order valence-corrected chi connectivity index (χ3v) is 3.63. The van der Waals surface area contributed by atoms with Crippen LogP contribution in [-0.2, 0) is 9.59 Å². The average molecular weight is 312 g/mol. The van der Waals surface area contributed by atoms with E-state index in [9.17, 15) is 9.59 Å². The van der Waals surface area contributed by atoms with Crippen LogP contribution in [0.25, 0.3) is 0 Å². The molecule has 0 saturated carbocycles. The lowest BCUT2D eigenvalue weighted by molar-refractivity contribution is -0.131. The molecule has 5 nitrogen and oxygen atoms in total. The van der Waals surface area contributed by atoms with Crippen molar-refractivity contribution in [2.45, 2.75) is 19.8 Å². The van der Waals surface area contributed by atoms with E-state index >= 15 is 0 Å². The molecule has 2 amide bonds. The normalized spacial score (nSPS) is 15.0. The minimum Gasteiger partial charge on any atom is -0.333 e. The van der Waals surface area contributed by atoms with Crippen LogP contribution in [0.15, 0.2) is 16.6 Å². The lowest BCUT2D eigenvalue weighted by atomic mass is 10.3. The number of pyridine rings is 1. The van der Waals surface area contributed by atoms with Gasteiger partial charge in [-0.15, -0.1) is 0 Å². The second-order valence-corrected chi connectivity index (χ2v) is 5.09. The minimum atomic E-state index is -0.209. The van der Waals surface area contributed by atoms with Crippen LogP contribution in [-0.4, -0.2) is 34.8 Å². The molecule has 0 unspecified atom stereocenters. The van der Waals surface area contributed by atoms with Gasteiger partial charge in [-0.25, -0.2) is 4.98 Å². The first-order chi connectivity index (χ1) is 8.56. The lowest BCUT2D eigenvalue weighted by Gasteiger charge is -2.14. The van der Waals surface area contributed by atoms with Gasteiger partial charge in [0.25, 0.3) is 0 Å². The molecule has 2 heterocycles. The molecule has 0 radical (unpaired) electrons. The smallest absolute Gasteiger partial charge is 0.245 e. The molecule has 1 saturated heterocycles. The molecular weight excluding hydrogens is 298 g/mol. The van der Waals surface area contributed by atoms with E-state index in [4.69, 9.17) is 0 Å². The molecule has 1 N–H and O–H groups in total. The Kier molecular flexibility index (Phi) is 3.96. The summed E-state index contributed by atoms with van der Waals surface area (Å²) >= 11 is 3.35. The van der Waals surface area contributed by atoms with Crippen LogP contribution in [0.1, 0.15) is 18.5 Å². The van der Waals surface area contributed by atoms with E-state index in [-0.39, 0.29) is 18.4 Å². The summed E-state index contributed by atoms with van der Waals surface area (Å²) in [5.74, 6) is 0.344. The van der Waals surface area contributed by atoms with Crippen LogP contribution in [0.5, 0.6) is 0 Å². The first-order valence-electron chi connectivity index (χ1n) is 5.77. The van der Waals surface area contributed by atoms with Gasteiger partial charge >= 0.3 is 0 Å². The summed E-state index contributed by atoms with van der Waals surface area (Å²) in [7, 11) is 0. The zero-order chi connectivity index (χ0) is 13.1. The van der Waals surface area contributed by atoms with Crippen molar-refractivity contribution >= 4 is 33.6 Å². The number of carbonyl (C=O) groups is 2. The quantitative estimate of drug-likeness (QED) is 0.924. The molecule has 96 valence electrons. The van der Waals surface area contributed by atoms with Crippen molar-refractivity contribution < 1.29 is 9.59 Å². The molecule has 2 rings (SSSR count). The Labute approximate surface area is 114 Å². The van der Waals surface area contributed by atoms with Gasteiger partial charge in [0, 0.05) is 17.4 Å². The Morgan fingerprint density at radius 3 is 2.94 bits per heavy atom. The number of carbonyl (C=O) groups excluding carboxylic acids is 2. The molecule has 18 heavy (non-hydrogen) atoms. The van der Waals surface area contributed by atoms with Crippen LogP contribution in [0.2, 0.25) is 0 Å². The van der Waals surface area contributed by atoms with Gasteiger partial charge in [-0.3, -0.25) is 9.59 Å². The molecule has 1 aliphatic rings. The molecule has 6 heteroatoms. The molecule has 1 aliphatic heterocycles. The highest BCUT2D eigenvalue weighted by atomic mass is 79.9. The van der Waals surface area contributed by atoms with Crippen molar-refractivity contribution in [2.75, 3.05) is 18.4 Å². The van der Waals surface area contributed by atoms with Crippen molar-refractivity contribution in [1.82, 2.24) is 9.88 Å². The minimum absolute atomic E-state index is 0.0464. The summed E-state index contributed by atoms with van der Waals surface area (Å²) in [6.45, 7) is 2.62. The summed E-state index contributed by atoms with van der Waals surface area (Å²) in [5, 5.41) is 2.69. The van der Waals surface area contributed by atoms with Gasteiger partial charge in [0.15, 0.2) is 0 Å². The largest absolute Gasteiger partial charge is 0.333 e. The Hall–Kier alpha value is -1.43.